The number of rotatable bonds is 5. The molecule has 23 heavy (non-hydrogen) atoms. The summed E-state index contributed by atoms with van der Waals surface area (Å²) in [6.45, 7) is 2.53. The van der Waals surface area contributed by atoms with E-state index in [-0.39, 0.29) is 24.0 Å². The number of methoxy groups -OCH3 is 1. The summed E-state index contributed by atoms with van der Waals surface area (Å²) in [7, 11) is -2.28. The molecule has 128 valence electrons. The molecule has 6 nitrogen and oxygen atoms in total. The summed E-state index contributed by atoms with van der Waals surface area (Å²) >= 11 is 5.94. The lowest BCUT2D eigenvalue weighted by atomic mass is 10.0. The molecular weight excluding hydrogens is 342 g/mol. The summed E-state index contributed by atoms with van der Waals surface area (Å²) in [4.78, 5) is 12.0. The molecule has 8 heteroatoms. The first kappa shape index (κ1) is 18.0. The summed E-state index contributed by atoms with van der Waals surface area (Å²) in [5.41, 5.74) is 0. The zero-order chi connectivity index (χ0) is 17.0. The Kier molecular flexibility index (Phi) is 5.89. The number of esters is 1. The minimum atomic E-state index is -3.71. The summed E-state index contributed by atoms with van der Waals surface area (Å²) in [6, 6.07) is 4.32. The zero-order valence-corrected chi connectivity index (χ0v) is 14.7. The Bertz CT molecular complexity index is 676. The Morgan fingerprint density at radius 1 is 1.43 bits per heavy atom. The van der Waals surface area contributed by atoms with Crippen LogP contribution >= 0.6 is 11.6 Å². The Balaban J connectivity index is 2.23. The van der Waals surface area contributed by atoms with Crippen molar-refractivity contribution >= 4 is 27.6 Å². The number of piperidine rings is 1. The van der Waals surface area contributed by atoms with Gasteiger partial charge in [-0.1, -0.05) is 11.6 Å². The number of benzene rings is 1. The van der Waals surface area contributed by atoms with Crippen LogP contribution in [0.4, 0.5) is 0 Å². The van der Waals surface area contributed by atoms with Crippen LogP contribution in [-0.2, 0) is 19.6 Å². The van der Waals surface area contributed by atoms with Gasteiger partial charge in [-0.25, -0.2) is 8.42 Å². The second kappa shape index (κ2) is 7.51. The van der Waals surface area contributed by atoms with Crippen molar-refractivity contribution < 1.29 is 22.7 Å². The largest absolute Gasteiger partial charge is 0.495 e. The van der Waals surface area contributed by atoms with Gasteiger partial charge in [0, 0.05) is 19.2 Å². The molecule has 0 bridgehead atoms. The van der Waals surface area contributed by atoms with Crippen LogP contribution in [0.2, 0.25) is 5.02 Å². The average Bonchev–Trinajstić information content (AvgIpc) is 2.55. The van der Waals surface area contributed by atoms with E-state index in [0.717, 1.165) is 0 Å². The van der Waals surface area contributed by atoms with Gasteiger partial charge in [0.15, 0.2) is 0 Å². The number of hydrogen-bond acceptors (Lipinski definition) is 5. The van der Waals surface area contributed by atoms with Crippen LogP contribution in [-0.4, -0.2) is 45.5 Å². The summed E-state index contributed by atoms with van der Waals surface area (Å²) < 4.78 is 36.9. The van der Waals surface area contributed by atoms with Crippen LogP contribution in [0.25, 0.3) is 0 Å². The Hall–Kier alpha value is -1.31. The number of nitrogens with zero attached hydrogens (tertiary/aromatic N) is 1. The zero-order valence-electron chi connectivity index (χ0n) is 13.1. The number of carbonyl (C=O) groups is 1. The second-order valence-corrected chi connectivity index (χ2v) is 7.60. The van der Waals surface area contributed by atoms with E-state index in [1.807, 2.05) is 0 Å². The van der Waals surface area contributed by atoms with Crippen LogP contribution in [0, 0.1) is 5.92 Å². The molecule has 0 unspecified atom stereocenters. The standard InChI is InChI=1S/C15H20ClNO5S/c1-3-22-15(18)11-5-4-8-17(10-11)23(19,20)12-6-7-13(16)14(9-12)21-2/h6-7,9,11H,3-5,8,10H2,1-2H3/t11-/m0/s1. The lowest BCUT2D eigenvalue weighted by Gasteiger charge is -2.30. The van der Waals surface area contributed by atoms with Crippen LogP contribution in [0.15, 0.2) is 23.1 Å². The van der Waals surface area contributed by atoms with Gasteiger partial charge in [-0.05, 0) is 31.9 Å². The van der Waals surface area contributed by atoms with E-state index in [2.05, 4.69) is 0 Å². The van der Waals surface area contributed by atoms with Gasteiger partial charge < -0.3 is 9.47 Å². The molecule has 1 aromatic carbocycles. The number of halogens is 1. The van der Waals surface area contributed by atoms with E-state index in [9.17, 15) is 13.2 Å². The summed E-state index contributed by atoms with van der Waals surface area (Å²) in [5, 5.41) is 0.342. The molecule has 2 rings (SSSR count). The maximum atomic E-state index is 12.8. The molecule has 1 aromatic rings. The monoisotopic (exact) mass is 361 g/mol. The molecule has 0 radical (unpaired) electrons. The fraction of sp³-hybridized carbons (Fsp3) is 0.533. The Morgan fingerprint density at radius 2 is 2.17 bits per heavy atom. The first-order valence-corrected chi connectivity index (χ1v) is 9.22. The molecular formula is C15H20ClNO5S. The van der Waals surface area contributed by atoms with Crippen molar-refractivity contribution in [2.75, 3.05) is 26.8 Å². The molecule has 1 fully saturated rings. The smallest absolute Gasteiger partial charge is 0.310 e. The first-order valence-electron chi connectivity index (χ1n) is 7.40. The van der Waals surface area contributed by atoms with Gasteiger partial charge in [0.25, 0.3) is 0 Å². The minimum absolute atomic E-state index is 0.100. The molecule has 1 aliphatic heterocycles. The molecule has 1 saturated heterocycles. The highest BCUT2D eigenvalue weighted by molar-refractivity contribution is 7.89. The van der Waals surface area contributed by atoms with Crippen molar-refractivity contribution in [3.8, 4) is 5.75 Å². The van der Waals surface area contributed by atoms with Crippen LogP contribution in [0.1, 0.15) is 19.8 Å². The second-order valence-electron chi connectivity index (χ2n) is 5.25. The quantitative estimate of drug-likeness (QED) is 0.752. The van der Waals surface area contributed by atoms with Gasteiger partial charge in [-0.3, -0.25) is 4.79 Å². The molecule has 1 aliphatic rings. The summed E-state index contributed by atoms with van der Waals surface area (Å²) in [5.74, 6) is -0.472. The third-order valence-corrected chi connectivity index (χ3v) is 5.94. The highest BCUT2D eigenvalue weighted by Crippen LogP contribution is 2.30. The first-order chi connectivity index (χ1) is 10.9. The third kappa shape index (κ3) is 3.97. The van der Waals surface area contributed by atoms with Crippen molar-refractivity contribution in [2.24, 2.45) is 5.92 Å². The predicted octanol–water partition coefficient (Wildman–Crippen LogP) is 2.31. The van der Waals surface area contributed by atoms with E-state index in [0.29, 0.717) is 30.2 Å². The molecule has 0 N–H and O–H groups in total. The van der Waals surface area contributed by atoms with Crippen molar-refractivity contribution in [1.82, 2.24) is 4.31 Å². The van der Waals surface area contributed by atoms with E-state index in [1.54, 1.807) is 6.92 Å². The molecule has 1 heterocycles. The van der Waals surface area contributed by atoms with E-state index >= 15 is 0 Å². The van der Waals surface area contributed by atoms with E-state index in [1.165, 1.54) is 29.6 Å². The van der Waals surface area contributed by atoms with Crippen LogP contribution in [0.5, 0.6) is 5.75 Å². The van der Waals surface area contributed by atoms with Gasteiger partial charge in [-0.2, -0.15) is 4.31 Å². The minimum Gasteiger partial charge on any atom is -0.495 e. The lowest BCUT2D eigenvalue weighted by Crippen LogP contribution is -2.42. The number of hydrogen-bond donors (Lipinski definition) is 0. The molecule has 0 aliphatic carbocycles. The lowest BCUT2D eigenvalue weighted by molar-refractivity contribution is -0.149. The molecule has 0 saturated carbocycles. The van der Waals surface area contributed by atoms with Crippen LogP contribution in [0.3, 0.4) is 0 Å². The normalized spacial score (nSPS) is 19.3. The molecule has 1 atom stereocenters. The van der Waals surface area contributed by atoms with E-state index < -0.39 is 15.9 Å². The highest BCUT2D eigenvalue weighted by Gasteiger charge is 2.34. The topological polar surface area (TPSA) is 72.9 Å². The van der Waals surface area contributed by atoms with Crippen LogP contribution < -0.4 is 4.74 Å². The number of sulfonamides is 1. The predicted molar refractivity (Wildman–Crippen MR) is 86.1 cm³/mol. The molecule has 0 aromatic heterocycles. The van der Waals surface area contributed by atoms with Crippen molar-refractivity contribution in [3.63, 3.8) is 0 Å². The highest BCUT2D eigenvalue weighted by atomic mass is 35.5. The van der Waals surface area contributed by atoms with Gasteiger partial charge >= 0.3 is 5.97 Å². The molecule has 0 amide bonds. The van der Waals surface area contributed by atoms with Gasteiger partial charge in [0.05, 0.1) is 29.6 Å². The maximum Gasteiger partial charge on any atom is 0.310 e. The van der Waals surface area contributed by atoms with E-state index in [4.69, 9.17) is 21.1 Å². The van der Waals surface area contributed by atoms with Crippen molar-refractivity contribution in [2.45, 2.75) is 24.7 Å². The molecule has 0 spiro atoms. The van der Waals surface area contributed by atoms with Gasteiger partial charge in [-0.15, -0.1) is 0 Å². The average molecular weight is 362 g/mol. The van der Waals surface area contributed by atoms with Gasteiger partial charge in [0.1, 0.15) is 5.75 Å². The van der Waals surface area contributed by atoms with Crippen molar-refractivity contribution in [3.05, 3.63) is 23.2 Å². The Labute approximate surface area is 141 Å². The SMILES string of the molecule is CCOC(=O)[C@H]1CCCN(S(=O)(=O)c2ccc(Cl)c(OC)c2)C1. The fourth-order valence-electron chi connectivity index (χ4n) is 2.56. The Morgan fingerprint density at radius 3 is 2.83 bits per heavy atom. The number of ether oxygens (including phenoxy) is 2. The van der Waals surface area contributed by atoms with Crippen molar-refractivity contribution in [1.29, 1.82) is 0 Å². The summed E-state index contributed by atoms with van der Waals surface area (Å²) in [6.07, 6.45) is 1.25. The number of carbonyl (C=O) groups excluding carboxylic acids is 1. The maximum absolute atomic E-state index is 12.8. The fourth-order valence-corrected chi connectivity index (χ4v) is 4.30. The third-order valence-electron chi connectivity index (χ3n) is 3.76. The van der Waals surface area contributed by atoms with Gasteiger partial charge in [0.2, 0.25) is 10.0 Å².